The molecule has 0 aliphatic rings. The fourth-order valence-corrected chi connectivity index (χ4v) is 2.45. The van der Waals surface area contributed by atoms with Gasteiger partial charge in [0.1, 0.15) is 5.82 Å². The predicted molar refractivity (Wildman–Crippen MR) is 99.3 cm³/mol. The zero-order chi connectivity index (χ0) is 16.8. The smallest absolute Gasteiger partial charge is 0.224 e. The lowest BCUT2D eigenvalue weighted by molar-refractivity contribution is 1.03. The highest BCUT2D eigenvalue weighted by Gasteiger charge is 2.01. The number of nitrogens with zero attached hydrogens (tertiary/aromatic N) is 2. The van der Waals surface area contributed by atoms with E-state index in [0.29, 0.717) is 19.0 Å². The van der Waals surface area contributed by atoms with Crippen molar-refractivity contribution in [3.8, 4) is 0 Å². The van der Waals surface area contributed by atoms with Crippen molar-refractivity contribution in [2.75, 3.05) is 10.6 Å². The summed E-state index contributed by atoms with van der Waals surface area (Å²) in [5.74, 6) is 1.39. The lowest BCUT2D eigenvalue weighted by atomic mass is 10.1. The number of hydrogen-bond donors (Lipinski definition) is 2. The molecule has 3 aromatic rings. The van der Waals surface area contributed by atoms with Crippen molar-refractivity contribution in [3.63, 3.8) is 0 Å². The fourth-order valence-electron chi connectivity index (χ4n) is 2.32. The Morgan fingerprint density at radius 3 is 2.50 bits per heavy atom. The van der Waals surface area contributed by atoms with Crippen LogP contribution < -0.4 is 10.6 Å². The van der Waals surface area contributed by atoms with Crippen molar-refractivity contribution >= 4 is 23.4 Å². The number of rotatable bonds is 6. The minimum atomic E-state index is 0.611. The summed E-state index contributed by atoms with van der Waals surface area (Å²) in [6, 6.07) is 17.9. The molecule has 0 spiro atoms. The van der Waals surface area contributed by atoms with Gasteiger partial charge in [-0.05, 0) is 41.8 Å². The van der Waals surface area contributed by atoms with E-state index in [9.17, 15) is 0 Å². The molecule has 1 heterocycles. The minimum absolute atomic E-state index is 0.611. The molecular weight excluding hydrogens is 320 g/mol. The van der Waals surface area contributed by atoms with Gasteiger partial charge in [-0.15, -0.1) is 0 Å². The summed E-state index contributed by atoms with van der Waals surface area (Å²) in [5.41, 5.74) is 3.63. The van der Waals surface area contributed by atoms with Crippen LogP contribution in [0.5, 0.6) is 0 Å². The summed E-state index contributed by atoms with van der Waals surface area (Å²) in [7, 11) is 0. The van der Waals surface area contributed by atoms with Gasteiger partial charge in [-0.3, -0.25) is 0 Å². The van der Waals surface area contributed by atoms with Crippen LogP contribution in [0.3, 0.4) is 0 Å². The first-order chi connectivity index (χ1) is 11.7. The molecule has 1 aromatic heterocycles. The molecule has 0 atom stereocenters. The van der Waals surface area contributed by atoms with E-state index >= 15 is 0 Å². The highest BCUT2D eigenvalue weighted by atomic mass is 35.5. The molecule has 0 unspecified atom stereocenters. The van der Waals surface area contributed by atoms with E-state index in [1.807, 2.05) is 42.5 Å². The van der Waals surface area contributed by atoms with Gasteiger partial charge in [-0.2, -0.15) is 4.98 Å². The van der Waals surface area contributed by atoms with Crippen molar-refractivity contribution in [1.29, 1.82) is 0 Å². The lowest BCUT2D eigenvalue weighted by Crippen LogP contribution is -2.07. The maximum Gasteiger partial charge on any atom is 0.224 e. The standard InChI is InChI=1S/C19H19ClN4/c1-14-4-2-3-5-16(14)13-23-19-21-11-10-18(24-19)22-12-15-6-8-17(20)9-7-15/h2-11H,12-13H2,1H3,(H2,21,22,23,24). The average Bonchev–Trinajstić information content (AvgIpc) is 2.61. The topological polar surface area (TPSA) is 49.8 Å². The van der Waals surface area contributed by atoms with E-state index in [-0.39, 0.29) is 0 Å². The third-order valence-electron chi connectivity index (χ3n) is 3.74. The summed E-state index contributed by atoms with van der Waals surface area (Å²) in [6.45, 7) is 3.49. The first-order valence-corrected chi connectivity index (χ1v) is 8.18. The van der Waals surface area contributed by atoms with E-state index < -0.39 is 0 Å². The van der Waals surface area contributed by atoms with E-state index in [1.54, 1.807) is 6.20 Å². The molecule has 2 aromatic carbocycles. The number of anilines is 2. The Hall–Kier alpha value is -2.59. The number of aryl methyl sites for hydroxylation is 1. The predicted octanol–water partition coefficient (Wildman–Crippen LogP) is 4.66. The van der Waals surface area contributed by atoms with Crippen molar-refractivity contribution in [2.24, 2.45) is 0 Å². The molecule has 122 valence electrons. The molecule has 0 bridgehead atoms. The zero-order valence-electron chi connectivity index (χ0n) is 13.5. The van der Waals surface area contributed by atoms with Crippen LogP contribution in [0.4, 0.5) is 11.8 Å². The number of benzene rings is 2. The zero-order valence-corrected chi connectivity index (χ0v) is 14.2. The highest BCUT2D eigenvalue weighted by molar-refractivity contribution is 6.30. The van der Waals surface area contributed by atoms with Gasteiger partial charge in [-0.1, -0.05) is 48.0 Å². The van der Waals surface area contributed by atoms with E-state index in [0.717, 1.165) is 16.4 Å². The number of hydrogen-bond acceptors (Lipinski definition) is 4. The Labute approximate surface area is 146 Å². The normalized spacial score (nSPS) is 10.4. The molecule has 2 N–H and O–H groups in total. The Balaban J connectivity index is 1.59. The van der Waals surface area contributed by atoms with Crippen LogP contribution in [-0.2, 0) is 13.1 Å². The molecule has 4 nitrogen and oxygen atoms in total. The number of aromatic nitrogens is 2. The molecule has 0 aliphatic heterocycles. The summed E-state index contributed by atoms with van der Waals surface area (Å²) < 4.78 is 0. The van der Waals surface area contributed by atoms with Gasteiger partial charge in [0.15, 0.2) is 0 Å². The second kappa shape index (κ2) is 7.79. The molecule has 24 heavy (non-hydrogen) atoms. The SMILES string of the molecule is Cc1ccccc1CNc1nccc(NCc2ccc(Cl)cc2)n1. The van der Waals surface area contributed by atoms with Crippen LogP contribution in [0.25, 0.3) is 0 Å². The van der Waals surface area contributed by atoms with Gasteiger partial charge < -0.3 is 10.6 Å². The summed E-state index contributed by atoms with van der Waals surface area (Å²) in [6.07, 6.45) is 1.75. The van der Waals surface area contributed by atoms with E-state index in [1.165, 1.54) is 11.1 Å². The van der Waals surface area contributed by atoms with Crippen LogP contribution in [0.2, 0.25) is 5.02 Å². The Morgan fingerprint density at radius 1 is 0.917 bits per heavy atom. The van der Waals surface area contributed by atoms with Crippen LogP contribution in [0, 0.1) is 6.92 Å². The fraction of sp³-hybridized carbons (Fsp3) is 0.158. The van der Waals surface area contributed by atoms with Crippen LogP contribution in [0.15, 0.2) is 60.8 Å². The van der Waals surface area contributed by atoms with Gasteiger partial charge in [0.25, 0.3) is 0 Å². The van der Waals surface area contributed by atoms with Crippen LogP contribution in [-0.4, -0.2) is 9.97 Å². The highest BCUT2D eigenvalue weighted by Crippen LogP contribution is 2.13. The first-order valence-electron chi connectivity index (χ1n) is 7.80. The van der Waals surface area contributed by atoms with Gasteiger partial charge in [-0.25, -0.2) is 4.98 Å². The molecule has 0 radical (unpaired) electrons. The first kappa shape index (κ1) is 16.3. The largest absolute Gasteiger partial charge is 0.366 e. The molecule has 0 aliphatic carbocycles. The average molecular weight is 339 g/mol. The molecule has 0 saturated heterocycles. The molecular formula is C19H19ClN4. The molecule has 3 rings (SSSR count). The summed E-state index contributed by atoms with van der Waals surface area (Å²) in [4.78, 5) is 8.76. The van der Waals surface area contributed by atoms with Crippen molar-refractivity contribution in [2.45, 2.75) is 20.0 Å². The summed E-state index contributed by atoms with van der Waals surface area (Å²) >= 11 is 5.90. The Morgan fingerprint density at radius 2 is 1.71 bits per heavy atom. The van der Waals surface area contributed by atoms with Crippen molar-refractivity contribution in [3.05, 3.63) is 82.5 Å². The second-order valence-corrected chi connectivity index (χ2v) is 5.96. The number of halogens is 1. The van der Waals surface area contributed by atoms with Gasteiger partial charge in [0, 0.05) is 24.3 Å². The Kier molecular flexibility index (Phi) is 5.29. The number of nitrogens with one attached hydrogen (secondary N) is 2. The van der Waals surface area contributed by atoms with E-state index in [4.69, 9.17) is 11.6 Å². The van der Waals surface area contributed by atoms with Crippen molar-refractivity contribution in [1.82, 2.24) is 9.97 Å². The van der Waals surface area contributed by atoms with E-state index in [2.05, 4.69) is 39.7 Å². The maximum atomic E-state index is 5.90. The quantitative estimate of drug-likeness (QED) is 0.686. The molecule has 0 amide bonds. The maximum absolute atomic E-state index is 5.90. The summed E-state index contributed by atoms with van der Waals surface area (Å²) in [5, 5.41) is 7.30. The van der Waals surface area contributed by atoms with Crippen LogP contribution in [0.1, 0.15) is 16.7 Å². The Bertz CT molecular complexity index is 802. The molecule has 0 fully saturated rings. The lowest BCUT2D eigenvalue weighted by Gasteiger charge is -2.10. The minimum Gasteiger partial charge on any atom is -0.366 e. The third kappa shape index (κ3) is 4.46. The molecule has 0 saturated carbocycles. The third-order valence-corrected chi connectivity index (χ3v) is 3.99. The molecule has 5 heteroatoms. The van der Waals surface area contributed by atoms with Gasteiger partial charge in [0.05, 0.1) is 0 Å². The van der Waals surface area contributed by atoms with Gasteiger partial charge in [0.2, 0.25) is 5.95 Å². The monoisotopic (exact) mass is 338 g/mol. The van der Waals surface area contributed by atoms with Crippen molar-refractivity contribution < 1.29 is 0 Å². The van der Waals surface area contributed by atoms with Crippen LogP contribution >= 0.6 is 11.6 Å². The van der Waals surface area contributed by atoms with Gasteiger partial charge >= 0.3 is 0 Å². The second-order valence-electron chi connectivity index (χ2n) is 5.53.